The molecule has 0 aliphatic carbocycles. The van der Waals surface area contributed by atoms with Crippen LogP contribution in [0.5, 0.6) is 0 Å². The van der Waals surface area contributed by atoms with E-state index in [0.29, 0.717) is 5.56 Å². The molecule has 3 heteroatoms. The minimum Gasteiger partial charge on any atom is -0.478 e. The topological polar surface area (TPSA) is 37.3 Å². The van der Waals surface area contributed by atoms with Crippen molar-refractivity contribution in [1.82, 2.24) is 0 Å². The molecular formula is C16H13FO2. The van der Waals surface area contributed by atoms with Gasteiger partial charge in [0.05, 0.1) is 0 Å². The van der Waals surface area contributed by atoms with Gasteiger partial charge >= 0.3 is 5.97 Å². The number of hydrogen-bond donors (Lipinski definition) is 1. The summed E-state index contributed by atoms with van der Waals surface area (Å²) in [6, 6.07) is 13.6. The smallest absolute Gasteiger partial charge is 0.331 e. The van der Waals surface area contributed by atoms with Crippen LogP contribution in [-0.2, 0) is 4.79 Å². The maximum absolute atomic E-state index is 13.6. The Hall–Kier alpha value is -2.42. The Labute approximate surface area is 110 Å². The SMILES string of the molecule is C/C(=C\c1ccc(-c2ccccc2F)cc1)C(=O)O. The number of rotatable bonds is 3. The van der Waals surface area contributed by atoms with Gasteiger partial charge in [0.1, 0.15) is 5.82 Å². The van der Waals surface area contributed by atoms with Crippen LogP contribution in [0.4, 0.5) is 4.39 Å². The van der Waals surface area contributed by atoms with Crippen LogP contribution in [0.2, 0.25) is 0 Å². The van der Waals surface area contributed by atoms with Crippen molar-refractivity contribution >= 4 is 12.0 Å². The number of carboxylic acids is 1. The lowest BCUT2D eigenvalue weighted by molar-refractivity contribution is -0.132. The van der Waals surface area contributed by atoms with Gasteiger partial charge in [-0.2, -0.15) is 0 Å². The standard InChI is InChI=1S/C16H13FO2/c1-11(16(18)19)10-12-6-8-13(9-7-12)14-4-2-3-5-15(14)17/h2-10H,1H3,(H,18,19)/b11-10+. The van der Waals surface area contributed by atoms with E-state index in [2.05, 4.69) is 0 Å². The van der Waals surface area contributed by atoms with Crippen LogP contribution in [0.15, 0.2) is 54.1 Å². The molecular weight excluding hydrogens is 243 g/mol. The predicted molar refractivity (Wildman–Crippen MR) is 73.1 cm³/mol. The van der Waals surface area contributed by atoms with Crippen LogP contribution in [-0.4, -0.2) is 11.1 Å². The van der Waals surface area contributed by atoms with Crippen LogP contribution in [0.25, 0.3) is 17.2 Å². The fourth-order valence-corrected chi connectivity index (χ4v) is 1.77. The number of benzene rings is 2. The fourth-order valence-electron chi connectivity index (χ4n) is 1.77. The van der Waals surface area contributed by atoms with E-state index in [-0.39, 0.29) is 11.4 Å². The summed E-state index contributed by atoms with van der Waals surface area (Å²) in [4.78, 5) is 10.7. The van der Waals surface area contributed by atoms with Gasteiger partial charge in [-0.05, 0) is 30.2 Å². The molecule has 96 valence electrons. The molecule has 0 saturated carbocycles. The van der Waals surface area contributed by atoms with E-state index in [1.54, 1.807) is 48.5 Å². The first kappa shape index (κ1) is 13.0. The maximum Gasteiger partial charge on any atom is 0.331 e. The van der Waals surface area contributed by atoms with E-state index < -0.39 is 5.97 Å². The van der Waals surface area contributed by atoms with Crippen molar-refractivity contribution < 1.29 is 14.3 Å². The molecule has 0 fully saturated rings. The zero-order valence-corrected chi connectivity index (χ0v) is 10.4. The second kappa shape index (κ2) is 5.48. The third-order valence-corrected chi connectivity index (χ3v) is 2.82. The van der Waals surface area contributed by atoms with Gasteiger partial charge in [0.15, 0.2) is 0 Å². The van der Waals surface area contributed by atoms with Gasteiger partial charge in [-0.15, -0.1) is 0 Å². The summed E-state index contributed by atoms with van der Waals surface area (Å²) >= 11 is 0. The Morgan fingerprint density at radius 2 is 1.74 bits per heavy atom. The van der Waals surface area contributed by atoms with Gasteiger partial charge in [-0.25, -0.2) is 9.18 Å². The third-order valence-electron chi connectivity index (χ3n) is 2.82. The minimum absolute atomic E-state index is 0.263. The van der Waals surface area contributed by atoms with Crippen LogP contribution in [0.1, 0.15) is 12.5 Å². The second-order valence-corrected chi connectivity index (χ2v) is 4.23. The first-order valence-corrected chi connectivity index (χ1v) is 5.84. The fraction of sp³-hybridized carbons (Fsp3) is 0.0625. The molecule has 2 aromatic rings. The molecule has 0 heterocycles. The molecule has 0 aromatic heterocycles. The molecule has 0 aliphatic heterocycles. The molecule has 0 spiro atoms. The van der Waals surface area contributed by atoms with Crippen molar-refractivity contribution in [3.05, 3.63) is 65.5 Å². The Bertz CT molecular complexity index is 627. The van der Waals surface area contributed by atoms with Crippen molar-refractivity contribution in [3.63, 3.8) is 0 Å². The highest BCUT2D eigenvalue weighted by atomic mass is 19.1. The van der Waals surface area contributed by atoms with Crippen LogP contribution in [0.3, 0.4) is 0 Å². The van der Waals surface area contributed by atoms with E-state index in [0.717, 1.165) is 11.1 Å². The Kier molecular flexibility index (Phi) is 3.76. The number of carboxylic acid groups (broad SMARTS) is 1. The Morgan fingerprint density at radius 1 is 1.11 bits per heavy atom. The third kappa shape index (κ3) is 3.07. The Balaban J connectivity index is 2.32. The molecule has 2 nitrogen and oxygen atoms in total. The molecule has 2 rings (SSSR count). The molecule has 0 amide bonds. The lowest BCUT2D eigenvalue weighted by Gasteiger charge is -2.04. The van der Waals surface area contributed by atoms with E-state index in [4.69, 9.17) is 5.11 Å². The van der Waals surface area contributed by atoms with E-state index in [1.165, 1.54) is 13.0 Å². The summed E-state index contributed by atoms with van der Waals surface area (Å²) < 4.78 is 13.6. The van der Waals surface area contributed by atoms with Gasteiger partial charge in [0.2, 0.25) is 0 Å². The quantitative estimate of drug-likeness (QED) is 0.843. The van der Waals surface area contributed by atoms with Crippen LogP contribution < -0.4 is 0 Å². The van der Waals surface area contributed by atoms with Crippen LogP contribution >= 0.6 is 0 Å². The average Bonchev–Trinajstić information content (AvgIpc) is 2.40. The zero-order valence-electron chi connectivity index (χ0n) is 10.4. The van der Waals surface area contributed by atoms with Crippen molar-refractivity contribution in [2.45, 2.75) is 6.92 Å². The monoisotopic (exact) mass is 256 g/mol. The first-order valence-electron chi connectivity index (χ1n) is 5.84. The lowest BCUT2D eigenvalue weighted by Crippen LogP contribution is -1.95. The number of halogens is 1. The van der Waals surface area contributed by atoms with Crippen molar-refractivity contribution in [2.24, 2.45) is 0 Å². The summed E-state index contributed by atoms with van der Waals surface area (Å²) in [6.45, 7) is 1.53. The maximum atomic E-state index is 13.6. The highest BCUT2D eigenvalue weighted by Gasteiger charge is 2.04. The number of carbonyl (C=O) groups is 1. The summed E-state index contributed by atoms with van der Waals surface area (Å²) in [7, 11) is 0. The largest absolute Gasteiger partial charge is 0.478 e. The highest BCUT2D eigenvalue weighted by molar-refractivity contribution is 5.91. The van der Waals surface area contributed by atoms with Crippen LogP contribution in [0, 0.1) is 5.82 Å². The van der Waals surface area contributed by atoms with Gasteiger partial charge in [0.25, 0.3) is 0 Å². The first-order chi connectivity index (χ1) is 9.08. The zero-order chi connectivity index (χ0) is 13.8. The van der Waals surface area contributed by atoms with E-state index in [1.807, 2.05) is 0 Å². The molecule has 19 heavy (non-hydrogen) atoms. The Morgan fingerprint density at radius 3 is 2.32 bits per heavy atom. The summed E-state index contributed by atoms with van der Waals surface area (Å²) in [5.41, 5.74) is 2.34. The minimum atomic E-state index is -0.946. The molecule has 1 N–H and O–H groups in total. The van der Waals surface area contributed by atoms with Crippen molar-refractivity contribution in [3.8, 4) is 11.1 Å². The molecule has 2 aromatic carbocycles. The molecule has 0 radical (unpaired) electrons. The number of aliphatic carboxylic acids is 1. The lowest BCUT2D eigenvalue weighted by atomic mass is 10.0. The summed E-state index contributed by atoms with van der Waals surface area (Å²) in [6.07, 6.45) is 1.58. The van der Waals surface area contributed by atoms with Gasteiger partial charge in [-0.1, -0.05) is 42.5 Å². The van der Waals surface area contributed by atoms with Crippen molar-refractivity contribution in [1.29, 1.82) is 0 Å². The van der Waals surface area contributed by atoms with Gasteiger partial charge in [-0.3, -0.25) is 0 Å². The molecule has 0 bridgehead atoms. The molecule has 0 atom stereocenters. The highest BCUT2D eigenvalue weighted by Crippen LogP contribution is 2.23. The predicted octanol–water partition coefficient (Wildman–Crippen LogP) is 3.98. The molecule has 0 aliphatic rings. The second-order valence-electron chi connectivity index (χ2n) is 4.23. The molecule has 0 saturated heterocycles. The normalized spacial score (nSPS) is 11.4. The summed E-state index contributed by atoms with van der Waals surface area (Å²) in [5.74, 6) is -1.22. The number of hydrogen-bond acceptors (Lipinski definition) is 1. The van der Waals surface area contributed by atoms with Crippen molar-refractivity contribution in [2.75, 3.05) is 0 Å². The average molecular weight is 256 g/mol. The van der Waals surface area contributed by atoms with Gasteiger partial charge < -0.3 is 5.11 Å². The molecule has 0 unspecified atom stereocenters. The van der Waals surface area contributed by atoms with E-state index in [9.17, 15) is 9.18 Å². The van der Waals surface area contributed by atoms with E-state index >= 15 is 0 Å². The summed E-state index contributed by atoms with van der Waals surface area (Å²) in [5, 5.41) is 8.79. The van der Waals surface area contributed by atoms with Gasteiger partial charge in [0, 0.05) is 11.1 Å².